The number of nitrogens with one attached hydrogen (secondary N) is 2. The maximum atomic E-state index is 12.6. The van der Waals surface area contributed by atoms with Crippen molar-refractivity contribution in [2.24, 2.45) is 0 Å². The summed E-state index contributed by atoms with van der Waals surface area (Å²) in [5.74, 6) is 0.382. The molecule has 3 rings (SSSR count). The Morgan fingerprint density at radius 2 is 2.00 bits per heavy atom. The van der Waals surface area contributed by atoms with Gasteiger partial charge in [0.2, 0.25) is 0 Å². The molecule has 160 valence electrons. The van der Waals surface area contributed by atoms with E-state index >= 15 is 0 Å². The molecule has 0 bridgehead atoms. The zero-order valence-electron chi connectivity index (χ0n) is 17.9. The van der Waals surface area contributed by atoms with E-state index in [2.05, 4.69) is 27.3 Å². The molecule has 0 unspecified atom stereocenters. The normalized spacial score (nSPS) is 13.4. The van der Waals surface area contributed by atoms with E-state index in [1.165, 1.54) is 0 Å². The number of hydrogen-bond acceptors (Lipinski definition) is 4. The smallest absolute Gasteiger partial charge is 0.320 e. The van der Waals surface area contributed by atoms with Crippen molar-refractivity contribution in [3.8, 4) is 0 Å². The molecule has 0 fully saturated rings. The fraction of sp³-hybridized carbons (Fsp3) is 0.208. The quantitative estimate of drug-likeness (QED) is 0.487. The van der Waals surface area contributed by atoms with E-state index in [0.29, 0.717) is 5.82 Å². The van der Waals surface area contributed by atoms with Gasteiger partial charge < -0.3 is 10.4 Å². The van der Waals surface area contributed by atoms with Gasteiger partial charge in [-0.15, -0.1) is 0 Å². The molecule has 1 atom stereocenters. The Hall–Kier alpha value is -3.71. The topological polar surface area (TPSA) is 92.1 Å². The van der Waals surface area contributed by atoms with Crippen molar-refractivity contribution >= 4 is 28.4 Å². The summed E-state index contributed by atoms with van der Waals surface area (Å²) < 4.78 is 1.76. The highest BCUT2D eigenvalue weighted by atomic mass is 16.3. The lowest BCUT2D eigenvalue weighted by Crippen LogP contribution is -2.43. The number of rotatable bonds is 7. The van der Waals surface area contributed by atoms with Crippen LogP contribution < -0.4 is 10.6 Å². The van der Waals surface area contributed by atoms with Crippen molar-refractivity contribution in [2.75, 3.05) is 5.32 Å². The van der Waals surface area contributed by atoms with Gasteiger partial charge in [0.05, 0.1) is 35.3 Å². The van der Waals surface area contributed by atoms with Gasteiger partial charge in [-0.25, -0.2) is 14.5 Å². The summed E-state index contributed by atoms with van der Waals surface area (Å²) in [6, 6.07) is 10.0. The van der Waals surface area contributed by atoms with E-state index in [4.69, 9.17) is 0 Å². The number of aliphatic hydroxyl groups is 1. The van der Waals surface area contributed by atoms with Crippen molar-refractivity contribution in [1.82, 2.24) is 20.1 Å². The largest absolute Gasteiger partial charge is 0.388 e. The average molecular weight is 418 g/mol. The van der Waals surface area contributed by atoms with Gasteiger partial charge in [0.1, 0.15) is 5.82 Å². The van der Waals surface area contributed by atoms with E-state index in [0.717, 1.165) is 22.2 Å². The van der Waals surface area contributed by atoms with Gasteiger partial charge in [0.25, 0.3) is 0 Å². The fourth-order valence-electron chi connectivity index (χ4n) is 3.29. The van der Waals surface area contributed by atoms with E-state index in [-0.39, 0.29) is 0 Å². The maximum Gasteiger partial charge on any atom is 0.320 e. The second-order valence-electron chi connectivity index (χ2n) is 7.61. The number of amides is 2. The summed E-state index contributed by atoms with van der Waals surface area (Å²) in [6.45, 7) is 8.98. The molecule has 0 aliphatic heterocycles. The summed E-state index contributed by atoms with van der Waals surface area (Å²) in [5.41, 5.74) is 1.30. The van der Waals surface area contributed by atoms with Crippen LogP contribution in [0.25, 0.3) is 16.6 Å². The maximum absolute atomic E-state index is 12.6. The number of benzene rings is 1. The Morgan fingerprint density at radius 3 is 2.65 bits per heavy atom. The fourth-order valence-corrected chi connectivity index (χ4v) is 3.29. The minimum absolute atomic E-state index is 0.382. The number of carbonyl (C=O) groups excluding carboxylic acids is 1. The summed E-state index contributed by atoms with van der Waals surface area (Å²) in [7, 11) is 0. The van der Waals surface area contributed by atoms with Crippen molar-refractivity contribution in [3.05, 3.63) is 85.2 Å². The number of hydrogen-bond donors (Lipinski definition) is 3. The van der Waals surface area contributed by atoms with Crippen LogP contribution in [0.2, 0.25) is 0 Å². The Labute approximate surface area is 181 Å². The second-order valence-corrected chi connectivity index (χ2v) is 7.61. The molecule has 31 heavy (non-hydrogen) atoms. The van der Waals surface area contributed by atoms with Crippen molar-refractivity contribution in [2.45, 2.75) is 32.4 Å². The SMILES string of the molecule is C=C/C=C(\C=C/C)n1ncc2cc(NC(=O)N[C@@H](c3ccccc3)C(C)(C)O)ncc21. The first-order valence-corrected chi connectivity index (χ1v) is 9.98. The third-order valence-corrected chi connectivity index (χ3v) is 4.68. The number of pyridine rings is 1. The van der Waals surface area contributed by atoms with Gasteiger partial charge in [-0.3, -0.25) is 5.32 Å². The Balaban J connectivity index is 1.81. The lowest BCUT2D eigenvalue weighted by Gasteiger charge is -2.30. The van der Waals surface area contributed by atoms with E-state index in [1.807, 2.05) is 55.5 Å². The van der Waals surface area contributed by atoms with Crippen molar-refractivity contribution in [3.63, 3.8) is 0 Å². The highest BCUT2D eigenvalue weighted by Gasteiger charge is 2.30. The summed E-state index contributed by atoms with van der Waals surface area (Å²) in [6.07, 6.45) is 10.8. The lowest BCUT2D eigenvalue weighted by molar-refractivity contribution is 0.0415. The molecular weight excluding hydrogens is 390 g/mol. The number of carbonyl (C=O) groups is 1. The summed E-state index contributed by atoms with van der Waals surface area (Å²) in [4.78, 5) is 17.0. The Morgan fingerprint density at radius 1 is 1.26 bits per heavy atom. The van der Waals surface area contributed by atoms with Gasteiger partial charge in [-0.2, -0.15) is 5.10 Å². The van der Waals surface area contributed by atoms with E-state index in [9.17, 15) is 9.90 Å². The highest BCUT2D eigenvalue weighted by Crippen LogP contribution is 2.26. The molecule has 0 aliphatic carbocycles. The van der Waals surface area contributed by atoms with E-state index in [1.54, 1.807) is 43.1 Å². The molecule has 7 nitrogen and oxygen atoms in total. The minimum atomic E-state index is -1.15. The third-order valence-electron chi connectivity index (χ3n) is 4.68. The first kappa shape index (κ1) is 22.0. The zero-order valence-corrected chi connectivity index (χ0v) is 17.9. The van der Waals surface area contributed by atoms with Crippen LogP contribution in [0.15, 0.2) is 79.7 Å². The molecule has 0 saturated carbocycles. The first-order chi connectivity index (χ1) is 14.8. The molecule has 0 spiro atoms. The number of allylic oxidation sites excluding steroid dienone is 5. The molecule has 0 aliphatic rings. The van der Waals surface area contributed by atoms with Crippen LogP contribution >= 0.6 is 0 Å². The predicted molar refractivity (Wildman–Crippen MR) is 124 cm³/mol. The molecule has 3 N–H and O–H groups in total. The Kier molecular flexibility index (Phi) is 6.67. The van der Waals surface area contributed by atoms with Gasteiger partial charge in [0, 0.05) is 5.39 Å². The number of nitrogens with zero attached hydrogens (tertiary/aromatic N) is 3. The van der Waals surface area contributed by atoms with Crippen LogP contribution in [0.1, 0.15) is 32.4 Å². The molecular formula is C24H27N5O2. The molecule has 2 aromatic heterocycles. The van der Waals surface area contributed by atoms with Gasteiger partial charge in [-0.05, 0) is 44.6 Å². The average Bonchev–Trinajstić information content (AvgIpc) is 3.15. The van der Waals surface area contributed by atoms with Gasteiger partial charge >= 0.3 is 6.03 Å². The van der Waals surface area contributed by atoms with Crippen LogP contribution in [0, 0.1) is 0 Å². The van der Waals surface area contributed by atoms with Crippen molar-refractivity contribution in [1.29, 1.82) is 0 Å². The number of fused-ring (bicyclic) bond motifs is 1. The molecule has 0 radical (unpaired) electrons. The molecule has 7 heteroatoms. The van der Waals surface area contributed by atoms with Crippen LogP contribution in [-0.4, -0.2) is 31.5 Å². The number of anilines is 1. The first-order valence-electron chi connectivity index (χ1n) is 9.98. The molecule has 1 aromatic carbocycles. The third kappa shape index (κ3) is 5.26. The summed E-state index contributed by atoms with van der Waals surface area (Å²) >= 11 is 0. The number of urea groups is 1. The van der Waals surface area contributed by atoms with Gasteiger partial charge in [-0.1, -0.05) is 49.1 Å². The van der Waals surface area contributed by atoms with Crippen LogP contribution in [0.5, 0.6) is 0 Å². The predicted octanol–water partition coefficient (Wildman–Crippen LogP) is 4.67. The van der Waals surface area contributed by atoms with Gasteiger partial charge in [0.15, 0.2) is 0 Å². The van der Waals surface area contributed by atoms with Crippen LogP contribution in [-0.2, 0) is 0 Å². The summed E-state index contributed by atoms with van der Waals surface area (Å²) in [5, 5.41) is 21.4. The molecule has 2 amide bonds. The lowest BCUT2D eigenvalue weighted by atomic mass is 9.92. The number of aromatic nitrogens is 3. The second kappa shape index (κ2) is 9.40. The Bertz CT molecular complexity index is 1120. The van der Waals surface area contributed by atoms with E-state index < -0.39 is 17.7 Å². The molecule has 0 saturated heterocycles. The van der Waals surface area contributed by atoms with Crippen molar-refractivity contribution < 1.29 is 9.90 Å². The standard InChI is InChI=1S/C24H27N5O2/c1-5-10-19(11-6-2)29-20-16-25-21(14-18(20)15-26-29)27-23(30)28-22(24(3,4)31)17-12-8-7-9-13-17/h5-16,22,31H,1H2,2-4H3,(H2,25,27,28,30)/b11-6-,19-10+/t22-/m0/s1. The molecule has 2 heterocycles. The monoisotopic (exact) mass is 417 g/mol. The zero-order chi connectivity index (χ0) is 22.4. The minimum Gasteiger partial charge on any atom is -0.388 e. The van der Waals surface area contributed by atoms with Crippen LogP contribution in [0.3, 0.4) is 0 Å². The highest BCUT2D eigenvalue weighted by molar-refractivity contribution is 5.92. The molecule has 3 aromatic rings. The van der Waals surface area contributed by atoms with Crippen LogP contribution in [0.4, 0.5) is 10.6 Å².